The molecule has 0 fully saturated rings. The summed E-state index contributed by atoms with van der Waals surface area (Å²) in [5.41, 5.74) is 1.12. The molecule has 0 aliphatic heterocycles. The summed E-state index contributed by atoms with van der Waals surface area (Å²) >= 11 is 1.75. The van der Waals surface area contributed by atoms with Gasteiger partial charge in [-0.2, -0.15) is 0 Å². The molecule has 1 N–H and O–H groups in total. The Kier molecular flexibility index (Phi) is 4.15. The molecular weight excluding hydrogens is 230 g/mol. The second-order valence-corrected chi connectivity index (χ2v) is 4.68. The predicted molar refractivity (Wildman–Crippen MR) is 73.6 cm³/mol. The summed E-state index contributed by atoms with van der Waals surface area (Å²) in [6.07, 6.45) is 3.03. The van der Waals surface area contributed by atoms with E-state index in [9.17, 15) is 0 Å². The molecule has 0 atom stereocenters. The number of benzene rings is 1. The fraction of sp³-hybridized carbons (Fsp3) is 0.286. The van der Waals surface area contributed by atoms with Gasteiger partial charge in [0.2, 0.25) is 0 Å². The van der Waals surface area contributed by atoms with Crippen LogP contribution >= 0.6 is 11.8 Å². The number of rotatable bonds is 5. The number of thioether (sulfide) groups is 1. The van der Waals surface area contributed by atoms with E-state index in [1.807, 2.05) is 12.1 Å². The normalized spacial score (nSPS) is 10.5. The minimum Gasteiger partial charge on any atom is -0.464 e. The maximum atomic E-state index is 5.63. The Bertz CT molecular complexity index is 461. The molecule has 0 saturated heterocycles. The van der Waals surface area contributed by atoms with Crippen molar-refractivity contribution in [2.75, 3.05) is 11.6 Å². The van der Waals surface area contributed by atoms with Crippen molar-refractivity contribution in [3.8, 4) is 0 Å². The van der Waals surface area contributed by atoms with Crippen LogP contribution in [-0.2, 0) is 13.0 Å². The molecule has 2 rings (SSSR count). The van der Waals surface area contributed by atoms with Gasteiger partial charge < -0.3 is 9.73 Å². The summed E-state index contributed by atoms with van der Waals surface area (Å²) < 4.78 is 5.63. The van der Waals surface area contributed by atoms with Gasteiger partial charge in [0.1, 0.15) is 11.5 Å². The topological polar surface area (TPSA) is 25.2 Å². The van der Waals surface area contributed by atoms with Crippen molar-refractivity contribution in [2.45, 2.75) is 24.8 Å². The first-order chi connectivity index (χ1) is 8.31. The lowest BCUT2D eigenvalue weighted by atomic mass is 10.3. The van der Waals surface area contributed by atoms with Gasteiger partial charge in [-0.15, -0.1) is 11.8 Å². The second kappa shape index (κ2) is 5.82. The molecule has 0 aliphatic rings. The van der Waals surface area contributed by atoms with Crippen LogP contribution in [0.3, 0.4) is 0 Å². The first-order valence-electron chi connectivity index (χ1n) is 5.77. The maximum Gasteiger partial charge on any atom is 0.123 e. The van der Waals surface area contributed by atoms with Gasteiger partial charge in [0.15, 0.2) is 0 Å². The largest absolute Gasteiger partial charge is 0.464 e. The van der Waals surface area contributed by atoms with Crippen LogP contribution in [0.15, 0.2) is 45.7 Å². The molecule has 3 heteroatoms. The van der Waals surface area contributed by atoms with Crippen molar-refractivity contribution in [3.05, 3.63) is 47.9 Å². The minimum absolute atomic E-state index is 0.735. The fourth-order valence-electron chi connectivity index (χ4n) is 1.61. The quantitative estimate of drug-likeness (QED) is 0.802. The van der Waals surface area contributed by atoms with E-state index in [-0.39, 0.29) is 0 Å². The highest BCUT2D eigenvalue weighted by molar-refractivity contribution is 7.98. The molecule has 0 spiro atoms. The molecule has 0 bridgehead atoms. The van der Waals surface area contributed by atoms with Gasteiger partial charge >= 0.3 is 0 Å². The summed E-state index contributed by atoms with van der Waals surface area (Å²) in [7, 11) is 0. The van der Waals surface area contributed by atoms with E-state index in [0.29, 0.717) is 0 Å². The summed E-state index contributed by atoms with van der Waals surface area (Å²) in [4.78, 5) is 1.28. The van der Waals surface area contributed by atoms with E-state index in [4.69, 9.17) is 4.42 Å². The number of aryl methyl sites for hydroxylation is 1. The standard InChI is InChI=1S/C14H17NOS/c1-3-12-6-7-13(16-12)10-15-11-4-8-14(17-2)9-5-11/h4-9,15H,3,10H2,1-2H3. The number of furan rings is 1. The van der Waals surface area contributed by atoms with E-state index in [2.05, 4.69) is 42.8 Å². The Labute approximate surface area is 106 Å². The van der Waals surface area contributed by atoms with E-state index in [1.165, 1.54) is 4.90 Å². The molecule has 0 amide bonds. The molecule has 0 aliphatic carbocycles. The van der Waals surface area contributed by atoms with Gasteiger partial charge in [-0.05, 0) is 42.7 Å². The molecule has 0 unspecified atom stereocenters. The average molecular weight is 247 g/mol. The zero-order valence-corrected chi connectivity index (χ0v) is 11.0. The Morgan fingerprint density at radius 3 is 2.35 bits per heavy atom. The lowest BCUT2D eigenvalue weighted by molar-refractivity contribution is 0.476. The Morgan fingerprint density at radius 2 is 1.76 bits per heavy atom. The van der Waals surface area contributed by atoms with Crippen LogP contribution in [-0.4, -0.2) is 6.26 Å². The molecule has 2 aromatic rings. The zero-order chi connectivity index (χ0) is 12.1. The maximum absolute atomic E-state index is 5.63. The third kappa shape index (κ3) is 3.30. The number of nitrogens with one attached hydrogen (secondary N) is 1. The summed E-state index contributed by atoms with van der Waals surface area (Å²) in [6.45, 7) is 2.83. The van der Waals surface area contributed by atoms with E-state index in [1.54, 1.807) is 11.8 Å². The summed E-state index contributed by atoms with van der Waals surface area (Å²) in [5.74, 6) is 2.02. The molecule has 2 nitrogen and oxygen atoms in total. The Hall–Kier alpha value is -1.35. The summed E-state index contributed by atoms with van der Waals surface area (Å²) in [6, 6.07) is 12.5. The Balaban J connectivity index is 1.92. The molecule has 0 radical (unpaired) electrons. The lowest BCUT2D eigenvalue weighted by Gasteiger charge is -2.05. The highest BCUT2D eigenvalue weighted by atomic mass is 32.2. The van der Waals surface area contributed by atoms with Crippen LogP contribution in [0.25, 0.3) is 0 Å². The van der Waals surface area contributed by atoms with Crippen LogP contribution in [0.5, 0.6) is 0 Å². The zero-order valence-electron chi connectivity index (χ0n) is 10.2. The molecular formula is C14H17NOS. The van der Waals surface area contributed by atoms with Gasteiger partial charge in [-0.3, -0.25) is 0 Å². The molecule has 0 saturated carbocycles. The smallest absolute Gasteiger partial charge is 0.123 e. The molecule has 1 aromatic heterocycles. The average Bonchev–Trinajstić information content (AvgIpc) is 2.85. The van der Waals surface area contributed by atoms with Crippen LogP contribution in [0.1, 0.15) is 18.4 Å². The fourth-order valence-corrected chi connectivity index (χ4v) is 2.01. The third-order valence-electron chi connectivity index (χ3n) is 2.62. The van der Waals surface area contributed by atoms with Crippen molar-refractivity contribution >= 4 is 17.4 Å². The minimum atomic E-state index is 0.735. The van der Waals surface area contributed by atoms with Crippen molar-refractivity contribution in [1.82, 2.24) is 0 Å². The first-order valence-corrected chi connectivity index (χ1v) is 7.00. The highest BCUT2D eigenvalue weighted by Gasteiger charge is 2.00. The van der Waals surface area contributed by atoms with Gasteiger partial charge in [-0.1, -0.05) is 6.92 Å². The number of hydrogen-bond donors (Lipinski definition) is 1. The van der Waals surface area contributed by atoms with Crippen molar-refractivity contribution in [2.24, 2.45) is 0 Å². The first kappa shape index (κ1) is 12.1. The lowest BCUT2D eigenvalue weighted by Crippen LogP contribution is -1.97. The monoisotopic (exact) mass is 247 g/mol. The Morgan fingerprint density at radius 1 is 1.06 bits per heavy atom. The highest BCUT2D eigenvalue weighted by Crippen LogP contribution is 2.18. The molecule has 1 aromatic carbocycles. The van der Waals surface area contributed by atoms with Crippen LogP contribution in [0.4, 0.5) is 5.69 Å². The number of anilines is 1. The van der Waals surface area contributed by atoms with Crippen molar-refractivity contribution < 1.29 is 4.42 Å². The molecule has 90 valence electrons. The van der Waals surface area contributed by atoms with Crippen LogP contribution < -0.4 is 5.32 Å². The van der Waals surface area contributed by atoms with E-state index < -0.39 is 0 Å². The summed E-state index contributed by atoms with van der Waals surface area (Å²) in [5, 5.41) is 3.35. The van der Waals surface area contributed by atoms with Gasteiger partial charge in [0, 0.05) is 17.0 Å². The SMILES string of the molecule is CCc1ccc(CNc2ccc(SC)cc2)o1. The van der Waals surface area contributed by atoms with Gasteiger partial charge in [0.25, 0.3) is 0 Å². The molecule has 1 heterocycles. The van der Waals surface area contributed by atoms with Gasteiger partial charge in [-0.25, -0.2) is 0 Å². The second-order valence-electron chi connectivity index (χ2n) is 3.80. The van der Waals surface area contributed by atoms with E-state index in [0.717, 1.165) is 30.2 Å². The van der Waals surface area contributed by atoms with Crippen molar-refractivity contribution in [1.29, 1.82) is 0 Å². The van der Waals surface area contributed by atoms with Crippen molar-refractivity contribution in [3.63, 3.8) is 0 Å². The third-order valence-corrected chi connectivity index (χ3v) is 3.37. The van der Waals surface area contributed by atoms with Gasteiger partial charge in [0.05, 0.1) is 6.54 Å². The predicted octanol–water partition coefficient (Wildman–Crippen LogP) is 4.18. The van der Waals surface area contributed by atoms with Crippen LogP contribution in [0.2, 0.25) is 0 Å². The molecule has 17 heavy (non-hydrogen) atoms. The number of hydrogen-bond acceptors (Lipinski definition) is 3. The van der Waals surface area contributed by atoms with Crippen LogP contribution in [0, 0.1) is 0 Å². The van der Waals surface area contributed by atoms with E-state index >= 15 is 0 Å².